The van der Waals surface area contributed by atoms with Gasteiger partial charge in [-0.05, 0) is 26.0 Å². The van der Waals surface area contributed by atoms with Gasteiger partial charge in [0, 0.05) is 0 Å². The molecule has 1 fully saturated rings. The number of nitrogens with zero attached hydrogens (tertiary/aromatic N) is 2. The van der Waals surface area contributed by atoms with Crippen molar-refractivity contribution in [3.05, 3.63) is 35.4 Å². The van der Waals surface area contributed by atoms with Crippen LogP contribution in [0.2, 0.25) is 0 Å². The van der Waals surface area contributed by atoms with E-state index in [0.717, 1.165) is 5.56 Å². The molecule has 1 aromatic carbocycles. The Morgan fingerprint density at radius 2 is 1.97 bits per heavy atom. The number of aliphatic hydroxyl groups is 3. The molecule has 0 aliphatic carbocycles. The fourth-order valence-corrected chi connectivity index (χ4v) is 4.57. The molecule has 11 nitrogen and oxygen atoms in total. The monoisotopic (exact) mass is 405 g/mol. The second-order valence-electron chi connectivity index (χ2n) is 7.70. The molecule has 9 N–H and O–H groups in total. The van der Waals surface area contributed by atoms with Gasteiger partial charge in [0.1, 0.15) is 12.1 Å². The molecule has 156 valence electrons. The molecule has 4 rings (SSSR count). The molecule has 29 heavy (non-hydrogen) atoms. The summed E-state index contributed by atoms with van der Waals surface area (Å²) in [5, 5.41) is 37.9. The van der Waals surface area contributed by atoms with E-state index in [0.29, 0.717) is 0 Å². The molecule has 0 saturated carbocycles. The number of hydrogen-bond acceptors (Lipinski definition) is 10. The number of carbonyl (C=O) groups is 1. The van der Waals surface area contributed by atoms with Crippen LogP contribution >= 0.6 is 0 Å². The SMILES string of the molecule is Cc1ccc(C(=O)O[C@H]2[C@H](C)[N+]3=C(N)N[C@@H](CO)[C@@H]4N=C(N)N[C@@]43C2(O)O)cc1. The number of nitrogens with one attached hydrogen (secondary N) is 2. The number of aryl methyl sites for hydroxylation is 1. The Kier molecular flexibility index (Phi) is 4.22. The molecule has 11 heteroatoms. The Labute approximate surface area is 166 Å². The molecule has 3 aliphatic rings. The van der Waals surface area contributed by atoms with Crippen LogP contribution in [0, 0.1) is 6.92 Å². The van der Waals surface area contributed by atoms with Crippen LogP contribution in [0.4, 0.5) is 0 Å². The number of esters is 1. The second kappa shape index (κ2) is 6.31. The number of guanidine groups is 2. The van der Waals surface area contributed by atoms with Gasteiger partial charge in [0.05, 0.1) is 12.2 Å². The van der Waals surface area contributed by atoms with Crippen molar-refractivity contribution in [1.82, 2.24) is 10.6 Å². The highest BCUT2D eigenvalue weighted by Crippen LogP contribution is 2.45. The maximum absolute atomic E-state index is 12.7. The fourth-order valence-electron chi connectivity index (χ4n) is 4.57. The third-order valence-corrected chi connectivity index (χ3v) is 5.90. The van der Waals surface area contributed by atoms with E-state index >= 15 is 0 Å². The van der Waals surface area contributed by atoms with E-state index in [-0.39, 0.29) is 24.1 Å². The van der Waals surface area contributed by atoms with Gasteiger partial charge in [-0.3, -0.25) is 11.1 Å². The molecular formula is C18H25N6O5+. The van der Waals surface area contributed by atoms with Gasteiger partial charge < -0.3 is 31.1 Å². The van der Waals surface area contributed by atoms with E-state index in [1.54, 1.807) is 31.2 Å². The lowest BCUT2D eigenvalue weighted by Crippen LogP contribution is -2.78. The van der Waals surface area contributed by atoms with Crippen molar-refractivity contribution in [1.29, 1.82) is 0 Å². The summed E-state index contributed by atoms with van der Waals surface area (Å²) in [4.78, 5) is 16.9. The van der Waals surface area contributed by atoms with Crippen LogP contribution in [-0.2, 0) is 4.74 Å². The second-order valence-corrected chi connectivity index (χ2v) is 7.70. The smallest absolute Gasteiger partial charge is 0.346 e. The van der Waals surface area contributed by atoms with Crippen LogP contribution in [0.3, 0.4) is 0 Å². The minimum atomic E-state index is -2.62. The highest BCUT2D eigenvalue weighted by Gasteiger charge is 2.78. The summed E-state index contributed by atoms with van der Waals surface area (Å²) < 4.78 is 7.00. The summed E-state index contributed by atoms with van der Waals surface area (Å²) >= 11 is 0. The Balaban J connectivity index is 1.75. The number of carbonyl (C=O) groups excluding carboxylic acids is 1. The highest BCUT2D eigenvalue weighted by atomic mass is 16.6. The first-order valence-electron chi connectivity index (χ1n) is 9.26. The van der Waals surface area contributed by atoms with Crippen molar-refractivity contribution in [3.8, 4) is 0 Å². The van der Waals surface area contributed by atoms with Crippen LogP contribution in [0.25, 0.3) is 0 Å². The maximum Gasteiger partial charge on any atom is 0.346 e. The first-order valence-corrected chi connectivity index (χ1v) is 9.26. The zero-order valence-corrected chi connectivity index (χ0v) is 16.0. The van der Waals surface area contributed by atoms with Gasteiger partial charge in [-0.25, -0.2) is 14.4 Å². The first-order chi connectivity index (χ1) is 13.6. The number of benzene rings is 1. The predicted molar refractivity (Wildman–Crippen MR) is 102 cm³/mol. The average Bonchev–Trinajstić information content (AvgIpc) is 3.10. The number of ether oxygens (including phenoxy) is 1. The predicted octanol–water partition coefficient (Wildman–Crippen LogP) is -3.12. The highest BCUT2D eigenvalue weighted by molar-refractivity contribution is 5.89. The minimum Gasteiger partial charge on any atom is -0.449 e. The number of aliphatic hydroxyl groups excluding tert-OH is 1. The van der Waals surface area contributed by atoms with E-state index in [1.807, 2.05) is 6.92 Å². The topological polar surface area (TPSA) is 178 Å². The standard InChI is InChI=1S/C18H24N6O5/c1-8-3-5-10(6-4-8)14(26)29-13-9(2)24-16(20)21-11(7-25)12-17(24,18(13,27)28)23-15(19)22-12/h3-6,9,11-13,25,27-28H,7H2,1-2H3,(H5,19,20,21,22,23)/p+1/t9-,11-,12-,13-,17-/m0/s1. The van der Waals surface area contributed by atoms with Crippen molar-refractivity contribution < 1.29 is 29.4 Å². The first kappa shape index (κ1) is 19.4. The van der Waals surface area contributed by atoms with Crippen LogP contribution < -0.4 is 22.1 Å². The summed E-state index contributed by atoms with van der Waals surface area (Å²) in [6, 6.07) is 4.33. The van der Waals surface area contributed by atoms with Crippen molar-refractivity contribution in [2.75, 3.05) is 6.61 Å². The quantitative estimate of drug-likeness (QED) is 0.156. The van der Waals surface area contributed by atoms with Crippen LogP contribution in [0.1, 0.15) is 22.8 Å². The molecule has 1 saturated heterocycles. The fraction of sp³-hybridized carbons (Fsp3) is 0.500. The molecule has 5 atom stereocenters. The summed E-state index contributed by atoms with van der Waals surface area (Å²) in [7, 11) is 0. The normalized spacial score (nSPS) is 34.6. The number of hydrogen-bond donors (Lipinski definition) is 7. The molecule has 0 unspecified atom stereocenters. The van der Waals surface area contributed by atoms with Gasteiger partial charge in [0.25, 0.3) is 5.79 Å². The Morgan fingerprint density at radius 3 is 2.59 bits per heavy atom. The largest absolute Gasteiger partial charge is 0.449 e. The molecule has 1 spiro atoms. The molecular weight excluding hydrogens is 380 g/mol. The third kappa shape index (κ3) is 2.51. The van der Waals surface area contributed by atoms with Gasteiger partial charge in [-0.1, -0.05) is 17.7 Å². The molecule has 0 aromatic heterocycles. The summed E-state index contributed by atoms with van der Waals surface area (Å²) in [5.74, 6) is -3.30. The average molecular weight is 405 g/mol. The van der Waals surface area contributed by atoms with E-state index in [9.17, 15) is 20.1 Å². The Hall–Kier alpha value is -2.89. The lowest BCUT2D eigenvalue weighted by atomic mass is 9.86. The van der Waals surface area contributed by atoms with E-state index in [1.165, 1.54) is 4.58 Å². The Morgan fingerprint density at radius 1 is 1.31 bits per heavy atom. The van der Waals surface area contributed by atoms with Crippen LogP contribution in [-0.4, -0.2) is 80.1 Å². The van der Waals surface area contributed by atoms with Crippen LogP contribution in [0.5, 0.6) is 0 Å². The van der Waals surface area contributed by atoms with Gasteiger partial charge in [0.2, 0.25) is 5.66 Å². The Bertz CT molecular complexity index is 914. The van der Waals surface area contributed by atoms with Crippen LogP contribution in [0.15, 0.2) is 29.3 Å². The number of aliphatic imine (C=N–C) groups is 1. The van der Waals surface area contributed by atoms with Gasteiger partial charge in [-0.15, -0.1) is 0 Å². The summed E-state index contributed by atoms with van der Waals surface area (Å²) in [6.07, 6.45) is -1.38. The summed E-state index contributed by atoms with van der Waals surface area (Å²) in [5.41, 5.74) is 11.5. The van der Waals surface area contributed by atoms with Gasteiger partial charge in [0.15, 0.2) is 18.1 Å². The molecule has 0 radical (unpaired) electrons. The van der Waals surface area contributed by atoms with Gasteiger partial charge in [-0.2, -0.15) is 0 Å². The molecule has 0 amide bonds. The zero-order chi connectivity index (χ0) is 21.1. The van der Waals surface area contributed by atoms with Crippen molar-refractivity contribution in [3.63, 3.8) is 0 Å². The lowest BCUT2D eigenvalue weighted by molar-refractivity contribution is -0.646. The van der Waals surface area contributed by atoms with E-state index < -0.39 is 41.6 Å². The molecule has 3 heterocycles. The van der Waals surface area contributed by atoms with Crippen molar-refractivity contribution in [2.24, 2.45) is 16.5 Å². The van der Waals surface area contributed by atoms with Crippen molar-refractivity contribution in [2.45, 2.75) is 49.5 Å². The summed E-state index contributed by atoms with van der Waals surface area (Å²) in [6.45, 7) is 3.15. The molecule has 1 aromatic rings. The van der Waals surface area contributed by atoms with E-state index in [4.69, 9.17) is 16.2 Å². The number of nitrogens with two attached hydrogens (primary N) is 2. The molecule has 3 aliphatic heterocycles. The number of rotatable bonds is 3. The molecule has 0 bridgehead atoms. The van der Waals surface area contributed by atoms with Gasteiger partial charge >= 0.3 is 11.9 Å². The maximum atomic E-state index is 12.7. The lowest BCUT2D eigenvalue weighted by Gasteiger charge is -2.43. The minimum absolute atomic E-state index is 0.0415. The van der Waals surface area contributed by atoms with E-state index in [2.05, 4.69) is 15.6 Å². The third-order valence-electron chi connectivity index (χ3n) is 5.90. The zero-order valence-electron chi connectivity index (χ0n) is 16.0. The van der Waals surface area contributed by atoms with Crippen molar-refractivity contribution >= 4 is 17.9 Å².